The number of carbonyl (C=O) groups excluding carboxylic acids is 1. The zero-order valence-corrected chi connectivity index (χ0v) is 11.7. The molecule has 0 spiro atoms. The molecule has 2 N–H and O–H groups in total. The Bertz CT molecular complexity index is 662. The van der Waals surface area contributed by atoms with E-state index in [1.54, 1.807) is 0 Å². The van der Waals surface area contributed by atoms with Crippen molar-refractivity contribution in [1.29, 1.82) is 0 Å². The first kappa shape index (κ1) is 14.6. The highest BCUT2D eigenvalue weighted by molar-refractivity contribution is 6.31. The molecule has 0 heterocycles. The molecular formula is C14H10Cl2FNO2. The molecule has 2 aromatic rings. The van der Waals surface area contributed by atoms with E-state index in [-0.39, 0.29) is 28.4 Å². The molecule has 0 bridgehead atoms. The van der Waals surface area contributed by atoms with E-state index in [0.29, 0.717) is 5.02 Å². The standard InChI is InChI=1S/C14H10Cl2FNO2/c15-9-2-1-8(12(17)5-9)7-20-14(19)11-4-3-10(16)6-13(11)18/h1-6H,7,18H2. The Kier molecular flexibility index (Phi) is 4.47. The van der Waals surface area contributed by atoms with Gasteiger partial charge in [0.05, 0.1) is 5.56 Å². The molecule has 6 heteroatoms. The van der Waals surface area contributed by atoms with Crippen LogP contribution in [0.25, 0.3) is 0 Å². The fourth-order valence-corrected chi connectivity index (χ4v) is 1.92. The van der Waals surface area contributed by atoms with E-state index in [9.17, 15) is 9.18 Å². The Balaban J connectivity index is 2.08. The largest absolute Gasteiger partial charge is 0.457 e. The number of hydrogen-bond acceptors (Lipinski definition) is 3. The van der Waals surface area contributed by atoms with Crippen molar-refractivity contribution in [2.24, 2.45) is 0 Å². The summed E-state index contributed by atoms with van der Waals surface area (Å²) in [5, 5.41) is 0.697. The zero-order valence-electron chi connectivity index (χ0n) is 10.2. The van der Waals surface area contributed by atoms with E-state index in [0.717, 1.165) is 6.07 Å². The summed E-state index contributed by atoms with van der Waals surface area (Å²) in [4.78, 5) is 11.8. The van der Waals surface area contributed by atoms with Gasteiger partial charge in [-0.15, -0.1) is 0 Å². The summed E-state index contributed by atoms with van der Waals surface area (Å²) in [6.45, 7) is -0.204. The van der Waals surface area contributed by atoms with Crippen molar-refractivity contribution in [2.75, 3.05) is 5.73 Å². The van der Waals surface area contributed by atoms with Crippen LogP contribution in [-0.4, -0.2) is 5.97 Å². The lowest BCUT2D eigenvalue weighted by Gasteiger charge is -2.08. The summed E-state index contributed by atoms with van der Waals surface area (Å²) >= 11 is 11.4. The van der Waals surface area contributed by atoms with Crippen LogP contribution >= 0.6 is 23.2 Å². The van der Waals surface area contributed by atoms with Gasteiger partial charge in [-0.2, -0.15) is 0 Å². The molecule has 3 nitrogen and oxygen atoms in total. The van der Waals surface area contributed by atoms with Crippen LogP contribution in [0.3, 0.4) is 0 Å². The summed E-state index contributed by atoms with van der Waals surface area (Å²) in [5.41, 5.74) is 6.29. The summed E-state index contributed by atoms with van der Waals surface area (Å²) in [6.07, 6.45) is 0. The van der Waals surface area contributed by atoms with Gasteiger partial charge in [0.25, 0.3) is 0 Å². The molecule has 20 heavy (non-hydrogen) atoms. The van der Waals surface area contributed by atoms with E-state index in [4.69, 9.17) is 33.7 Å². The Labute approximate surface area is 125 Å². The van der Waals surface area contributed by atoms with E-state index < -0.39 is 11.8 Å². The maximum atomic E-state index is 13.5. The SMILES string of the molecule is Nc1cc(Cl)ccc1C(=O)OCc1ccc(Cl)cc1F. The Morgan fingerprint density at radius 1 is 1.15 bits per heavy atom. The fraction of sp³-hybridized carbons (Fsp3) is 0.0714. The van der Waals surface area contributed by atoms with Crippen molar-refractivity contribution in [3.8, 4) is 0 Å². The molecule has 0 saturated carbocycles. The Morgan fingerprint density at radius 3 is 2.45 bits per heavy atom. The number of benzene rings is 2. The van der Waals surface area contributed by atoms with Gasteiger partial charge in [-0.3, -0.25) is 0 Å². The van der Waals surface area contributed by atoms with Crippen molar-refractivity contribution in [3.05, 3.63) is 63.4 Å². The van der Waals surface area contributed by atoms with Gasteiger partial charge >= 0.3 is 5.97 Å². The van der Waals surface area contributed by atoms with Crippen molar-refractivity contribution >= 4 is 34.9 Å². The molecule has 2 rings (SSSR count). The summed E-state index contributed by atoms with van der Waals surface area (Å²) in [7, 11) is 0. The van der Waals surface area contributed by atoms with E-state index >= 15 is 0 Å². The smallest absolute Gasteiger partial charge is 0.340 e. The van der Waals surface area contributed by atoms with Gasteiger partial charge in [0.1, 0.15) is 12.4 Å². The monoisotopic (exact) mass is 313 g/mol. The first-order chi connectivity index (χ1) is 9.47. The number of nitrogen functional groups attached to an aromatic ring is 1. The first-order valence-corrected chi connectivity index (χ1v) is 6.39. The number of anilines is 1. The molecule has 0 saturated heterocycles. The molecule has 0 atom stereocenters. The minimum atomic E-state index is -0.645. The molecule has 0 aromatic heterocycles. The maximum absolute atomic E-state index is 13.5. The van der Waals surface area contributed by atoms with E-state index in [1.165, 1.54) is 30.3 Å². The topological polar surface area (TPSA) is 52.3 Å². The Hall–Kier alpha value is -1.78. The average molecular weight is 314 g/mol. The molecule has 0 radical (unpaired) electrons. The third-order valence-electron chi connectivity index (χ3n) is 2.61. The lowest BCUT2D eigenvalue weighted by atomic mass is 10.2. The van der Waals surface area contributed by atoms with Crippen molar-refractivity contribution in [2.45, 2.75) is 6.61 Å². The van der Waals surface area contributed by atoms with Crippen LogP contribution in [0.15, 0.2) is 36.4 Å². The first-order valence-electron chi connectivity index (χ1n) is 5.63. The van der Waals surface area contributed by atoms with Crippen LogP contribution in [0.1, 0.15) is 15.9 Å². The van der Waals surface area contributed by atoms with Gasteiger partial charge in [-0.1, -0.05) is 29.3 Å². The van der Waals surface area contributed by atoms with Crippen LogP contribution in [0.2, 0.25) is 10.0 Å². The predicted molar refractivity (Wildman–Crippen MR) is 76.4 cm³/mol. The van der Waals surface area contributed by atoms with Crippen molar-refractivity contribution in [1.82, 2.24) is 0 Å². The van der Waals surface area contributed by atoms with Crippen LogP contribution in [0, 0.1) is 5.82 Å². The highest BCUT2D eigenvalue weighted by atomic mass is 35.5. The molecule has 104 valence electrons. The second-order valence-electron chi connectivity index (χ2n) is 4.04. The number of nitrogens with two attached hydrogens (primary N) is 1. The van der Waals surface area contributed by atoms with Gasteiger partial charge in [0, 0.05) is 21.3 Å². The van der Waals surface area contributed by atoms with Crippen molar-refractivity contribution in [3.63, 3.8) is 0 Å². The van der Waals surface area contributed by atoms with Crippen LogP contribution in [0.5, 0.6) is 0 Å². The number of hydrogen-bond donors (Lipinski definition) is 1. The molecule has 0 amide bonds. The van der Waals surface area contributed by atoms with Gasteiger partial charge in [0.2, 0.25) is 0 Å². The second-order valence-corrected chi connectivity index (χ2v) is 4.92. The molecule has 0 aliphatic heterocycles. The Morgan fingerprint density at radius 2 is 1.80 bits per heavy atom. The minimum Gasteiger partial charge on any atom is -0.457 e. The molecule has 0 fully saturated rings. The number of esters is 1. The number of carbonyl (C=O) groups is 1. The second kappa shape index (κ2) is 6.11. The third-order valence-corrected chi connectivity index (χ3v) is 3.08. The number of halogens is 3. The van der Waals surface area contributed by atoms with Gasteiger partial charge in [-0.05, 0) is 30.3 Å². The third kappa shape index (κ3) is 3.40. The number of rotatable bonds is 3. The van der Waals surface area contributed by atoms with Crippen LogP contribution < -0.4 is 5.73 Å². The minimum absolute atomic E-state index is 0.184. The highest BCUT2D eigenvalue weighted by Crippen LogP contribution is 2.20. The van der Waals surface area contributed by atoms with Crippen LogP contribution in [-0.2, 0) is 11.3 Å². The van der Waals surface area contributed by atoms with E-state index in [2.05, 4.69) is 0 Å². The molecule has 2 aromatic carbocycles. The quantitative estimate of drug-likeness (QED) is 0.686. The lowest BCUT2D eigenvalue weighted by molar-refractivity contribution is 0.0470. The fourth-order valence-electron chi connectivity index (χ4n) is 1.58. The predicted octanol–water partition coefficient (Wildman–Crippen LogP) is 4.07. The van der Waals surface area contributed by atoms with Gasteiger partial charge in [0.15, 0.2) is 0 Å². The molecule has 0 aliphatic rings. The highest BCUT2D eigenvalue weighted by Gasteiger charge is 2.13. The van der Waals surface area contributed by atoms with E-state index in [1.807, 2.05) is 0 Å². The molecule has 0 aliphatic carbocycles. The normalized spacial score (nSPS) is 10.3. The maximum Gasteiger partial charge on any atom is 0.340 e. The van der Waals surface area contributed by atoms with Crippen molar-refractivity contribution < 1.29 is 13.9 Å². The summed E-state index contributed by atoms with van der Waals surface area (Å²) < 4.78 is 18.5. The number of ether oxygens (including phenoxy) is 1. The summed E-state index contributed by atoms with van der Waals surface area (Å²) in [5.74, 6) is -1.18. The zero-order chi connectivity index (χ0) is 14.7. The molecule has 0 unspecified atom stereocenters. The van der Waals surface area contributed by atoms with Gasteiger partial charge in [-0.25, -0.2) is 9.18 Å². The average Bonchev–Trinajstić information content (AvgIpc) is 2.37. The molecular weight excluding hydrogens is 304 g/mol. The van der Waals surface area contributed by atoms with Crippen LogP contribution in [0.4, 0.5) is 10.1 Å². The summed E-state index contributed by atoms with van der Waals surface area (Å²) in [6, 6.07) is 8.55. The van der Waals surface area contributed by atoms with Gasteiger partial charge < -0.3 is 10.5 Å². The lowest BCUT2D eigenvalue weighted by Crippen LogP contribution is -2.08.